The molecule has 4 rings (SSSR count). The zero-order chi connectivity index (χ0) is 24.4. The average Bonchev–Trinajstić information content (AvgIpc) is 3.11. The van der Waals surface area contributed by atoms with Gasteiger partial charge in [0.25, 0.3) is 0 Å². The van der Waals surface area contributed by atoms with E-state index in [0.717, 1.165) is 54.8 Å². The monoisotopic (exact) mass is 460 g/mol. The Morgan fingerprint density at radius 3 is 2.33 bits per heavy atom. The highest BCUT2D eigenvalue weighted by Gasteiger charge is 2.59. The summed E-state index contributed by atoms with van der Waals surface area (Å²) < 4.78 is 0. The summed E-state index contributed by atoms with van der Waals surface area (Å²) in [5, 5.41) is 10.2. The van der Waals surface area contributed by atoms with Crippen molar-refractivity contribution in [1.29, 1.82) is 0 Å². The topological polar surface area (TPSA) is 72.3 Å². The van der Waals surface area contributed by atoms with Gasteiger partial charge in [0.05, 0.1) is 12.3 Å². The molecule has 0 aromatic heterocycles. The number of fused-ring (bicyclic) bond motifs is 5. The van der Waals surface area contributed by atoms with Crippen LogP contribution in [0.1, 0.15) is 119 Å². The second-order valence-corrected chi connectivity index (χ2v) is 13.3. The Hall–Kier alpha value is -0.380. The second-order valence-electron chi connectivity index (χ2n) is 13.3. The fourth-order valence-electron chi connectivity index (χ4n) is 8.67. The zero-order valence-electron chi connectivity index (χ0n) is 22.8. The van der Waals surface area contributed by atoms with Gasteiger partial charge >= 0.3 is 0 Å². The van der Waals surface area contributed by atoms with Gasteiger partial charge in [0.1, 0.15) is 0 Å². The average molecular weight is 461 g/mol. The lowest BCUT2D eigenvalue weighted by Crippen LogP contribution is -2.50. The highest BCUT2D eigenvalue weighted by Crippen LogP contribution is 2.67. The van der Waals surface area contributed by atoms with Crippen molar-refractivity contribution in [2.75, 3.05) is 0 Å². The van der Waals surface area contributed by atoms with Crippen molar-refractivity contribution >= 4 is 0 Å². The summed E-state index contributed by atoms with van der Waals surface area (Å²) in [7, 11) is 0. The molecule has 8 atom stereocenters. The van der Waals surface area contributed by atoms with Gasteiger partial charge in [-0.3, -0.25) is 0 Å². The molecule has 5 N–H and O–H groups in total. The van der Waals surface area contributed by atoms with Gasteiger partial charge in [-0.2, -0.15) is 0 Å². The van der Waals surface area contributed by atoms with Crippen LogP contribution in [0.25, 0.3) is 0 Å². The molecule has 0 unspecified atom stereocenters. The van der Waals surface area contributed by atoms with Crippen LogP contribution in [0.2, 0.25) is 0 Å². The zero-order valence-corrected chi connectivity index (χ0v) is 22.8. The van der Waals surface area contributed by atoms with E-state index in [0.29, 0.717) is 10.8 Å². The molecule has 0 saturated heterocycles. The van der Waals surface area contributed by atoms with E-state index in [2.05, 4.69) is 40.7 Å². The minimum Gasteiger partial charge on any atom is -0.393 e. The summed E-state index contributed by atoms with van der Waals surface area (Å²) in [5.74, 6) is 5.46. The molecule has 0 aliphatic heterocycles. The standard InChI is InChI=1S/C27H46O.C3H10N2/c1-18(2)7-6-8-19(3)23-11-12-24-22-10-9-20-17-21(28)13-15-26(20,4)25(22)14-16-27(23,24)5;1-2-3(4)5/h9,18-19,21-25,28H,6-8,10-17H2,1-5H3;3H,2,4-5H2,1H3/t19-,21+,22+,23-,24+,25+,26+,27-;/m1./s1. The van der Waals surface area contributed by atoms with E-state index in [1.807, 2.05) is 6.92 Å². The summed E-state index contributed by atoms with van der Waals surface area (Å²) >= 11 is 0. The van der Waals surface area contributed by atoms with Crippen molar-refractivity contribution < 1.29 is 5.11 Å². The number of aliphatic hydroxyl groups is 1. The van der Waals surface area contributed by atoms with E-state index < -0.39 is 0 Å². The Balaban J connectivity index is 0.000000555. The Bertz CT molecular complexity index is 658. The van der Waals surface area contributed by atoms with E-state index in [1.54, 1.807) is 5.57 Å². The van der Waals surface area contributed by atoms with Crippen LogP contribution in [-0.2, 0) is 0 Å². The Kier molecular flexibility index (Phi) is 9.17. The molecule has 192 valence electrons. The van der Waals surface area contributed by atoms with Crippen molar-refractivity contribution in [1.82, 2.24) is 0 Å². The maximum absolute atomic E-state index is 10.2. The highest BCUT2D eigenvalue weighted by atomic mass is 16.3. The van der Waals surface area contributed by atoms with Crippen molar-refractivity contribution in [2.45, 2.75) is 131 Å². The molecule has 3 fully saturated rings. The number of hydrogen-bond acceptors (Lipinski definition) is 3. The summed E-state index contributed by atoms with van der Waals surface area (Å²) in [6.07, 6.45) is 17.9. The lowest BCUT2D eigenvalue weighted by Gasteiger charge is -2.58. The summed E-state index contributed by atoms with van der Waals surface area (Å²) in [6, 6.07) is 0. The van der Waals surface area contributed by atoms with E-state index >= 15 is 0 Å². The molecule has 0 radical (unpaired) electrons. The van der Waals surface area contributed by atoms with Gasteiger partial charge in [-0.1, -0.05) is 72.5 Å². The fraction of sp³-hybridized carbons (Fsp3) is 0.933. The molecule has 4 aliphatic rings. The number of nitrogens with two attached hydrogens (primary N) is 2. The van der Waals surface area contributed by atoms with Crippen molar-refractivity contribution in [3.63, 3.8) is 0 Å². The normalized spacial score (nSPS) is 40.9. The van der Waals surface area contributed by atoms with E-state index in [9.17, 15) is 5.11 Å². The van der Waals surface area contributed by atoms with Gasteiger partial charge in [0.15, 0.2) is 0 Å². The number of allylic oxidation sites excluding steroid dienone is 1. The number of rotatable bonds is 6. The van der Waals surface area contributed by atoms with Crippen molar-refractivity contribution in [2.24, 2.45) is 57.8 Å². The van der Waals surface area contributed by atoms with Gasteiger partial charge < -0.3 is 16.6 Å². The first-order chi connectivity index (χ1) is 15.5. The summed E-state index contributed by atoms with van der Waals surface area (Å²) in [4.78, 5) is 0. The van der Waals surface area contributed by atoms with Crippen molar-refractivity contribution in [3.05, 3.63) is 11.6 Å². The Morgan fingerprint density at radius 1 is 1.00 bits per heavy atom. The van der Waals surface area contributed by atoms with Gasteiger partial charge in [-0.25, -0.2) is 0 Å². The first-order valence-corrected chi connectivity index (χ1v) is 14.4. The molecule has 4 aliphatic carbocycles. The van der Waals surface area contributed by atoms with Gasteiger partial charge in [-0.15, -0.1) is 0 Å². The van der Waals surface area contributed by atoms with Crippen LogP contribution in [0.5, 0.6) is 0 Å². The minimum absolute atomic E-state index is 0.0766. The van der Waals surface area contributed by atoms with Gasteiger partial charge in [0.2, 0.25) is 0 Å². The van der Waals surface area contributed by atoms with Gasteiger partial charge in [-0.05, 0) is 104 Å². The smallest absolute Gasteiger partial charge is 0.0577 e. The largest absolute Gasteiger partial charge is 0.393 e. The molecule has 33 heavy (non-hydrogen) atoms. The van der Waals surface area contributed by atoms with Crippen LogP contribution < -0.4 is 11.5 Å². The SMILES string of the molecule is CC(C)CCC[C@@H](C)[C@H]1CC[C@H]2[C@@H]3CC=C4C[C@@H](O)CC[C@]4(C)[C@H]3CC[C@]12C.CCC(N)N. The highest BCUT2D eigenvalue weighted by molar-refractivity contribution is 5.25. The maximum Gasteiger partial charge on any atom is 0.0577 e. The van der Waals surface area contributed by atoms with E-state index in [4.69, 9.17) is 11.5 Å². The van der Waals surface area contributed by atoms with E-state index in [-0.39, 0.29) is 12.3 Å². The predicted octanol–water partition coefficient (Wildman–Crippen LogP) is 7.03. The first-order valence-electron chi connectivity index (χ1n) is 14.4. The molecule has 0 aromatic rings. The van der Waals surface area contributed by atoms with Crippen molar-refractivity contribution in [3.8, 4) is 0 Å². The Labute approximate surface area is 205 Å². The van der Waals surface area contributed by atoms with Gasteiger partial charge in [0, 0.05) is 0 Å². The summed E-state index contributed by atoms with van der Waals surface area (Å²) in [6.45, 7) is 14.5. The molecule has 0 amide bonds. The molecule has 0 spiro atoms. The van der Waals surface area contributed by atoms with E-state index in [1.165, 1.54) is 57.8 Å². The molecular weight excluding hydrogens is 404 g/mol. The lowest BCUT2D eigenvalue weighted by atomic mass is 9.47. The Morgan fingerprint density at radius 2 is 1.70 bits per heavy atom. The lowest BCUT2D eigenvalue weighted by molar-refractivity contribution is -0.0573. The fourth-order valence-corrected chi connectivity index (χ4v) is 8.67. The van der Waals surface area contributed by atoms with Crippen LogP contribution >= 0.6 is 0 Å². The third kappa shape index (κ3) is 5.72. The molecule has 3 nitrogen and oxygen atoms in total. The van der Waals surface area contributed by atoms with Crippen LogP contribution in [0.4, 0.5) is 0 Å². The first kappa shape index (κ1) is 27.2. The van der Waals surface area contributed by atoms with Crippen LogP contribution in [-0.4, -0.2) is 17.4 Å². The quantitative estimate of drug-likeness (QED) is 0.294. The molecule has 3 saturated carbocycles. The molecule has 3 heteroatoms. The second kappa shape index (κ2) is 11.1. The molecule has 0 heterocycles. The van der Waals surface area contributed by atoms with Crippen LogP contribution in [0.15, 0.2) is 11.6 Å². The third-order valence-electron chi connectivity index (χ3n) is 10.8. The predicted molar refractivity (Wildman–Crippen MR) is 142 cm³/mol. The third-order valence-corrected chi connectivity index (χ3v) is 10.8. The molecule has 0 aromatic carbocycles. The molecular formula is C30H56N2O. The van der Waals surface area contributed by atoms with Crippen LogP contribution in [0.3, 0.4) is 0 Å². The maximum atomic E-state index is 10.2. The summed E-state index contributed by atoms with van der Waals surface area (Å²) in [5.41, 5.74) is 12.7. The minimum atomic E-state index is -0.116. The number of aliphatic hydroxyl groups excluding tert-OH is 1. The number of hydrogen-bond donors (Lipinski definition) is 3. The van der Waals surface area contributed by atoms with Crippen LogP contribution in [0, 0.1) is 46.3 Å². The molecule has 0 bridgehead atoms.